The maximum absolute atomic E-state index is 4.88. The number of para-hydroxylation sites is 2. The normalized spacial score (nSPS) is 7.78. The topological polar surface area (TPSA) is 93.0 Å². The largest absolute Gasteiger partial charge is 4.00 e. The Morgan fingerprint density at radius 2 is 1.56 bits per heavy atom. The summed E-state index contributed by atoms with van der Waals surface area (Å²) >= 11 is 0. The van der Waals surface area contributed by atoms with E-state index in [1.54, 1.807) is 0 Å². The zero-order chi connectivity index (χ0) is 10.3. The van der Waals surface area contributed by atoms with E-state index in [1.165, 1.54) is 0 Å². The summed E-state index contributed by atoms with van der Waals surface area (Å²) in [7, 11) is 0. The smallest absolute Gasteiger partial charge is 0.693 e. The Kier molecular flexibility index (Phi) is 10.9. The average molecular weight is 283 g/mol. The van der Waals surface area contributed by atoms with Crippen LogP contribution in [0.4, 0.5) is 0 Å². The quantitative estimate of drug-likeness (QED) is 0.447. The fourth-order valence-electron chi connectivity index (χ4n) is 1.10. The fourth-order valence-corrected chi connectivity index (χ4v) is 1.10. The molecule has 0 spiro atoms. The van der Waals surface area contributed by atoms with Gasteiger partial charge in [0.2, 0.25) is 0 Å². The first-order chi connectivity index (χ1) is 7.47. The Morgan fingerprint density at radius 3 is 2.06 bits per heavy atom. The first kappa shape index (κ1) is 18.7. The minimum Gasteiger partial charge on any atom is -0.693 e. The number of hydrogen-bond acceptors (Lipinski definition) is 2. The average Bonchev–Trinajstić information content (AvgIpc) is 2.80. The van der Waals surface area contributed by atoms with Crippen molar-refractivity contribution < 1.29 is 21.5 Å². The van der Waals surface area contributed by atoms with Crippen LogP contribution in [0.1, 0.15) is 0 Å². The third-order valence-electron chi connectivity index (χ3n) is 1.79. The van der Waals surface area contributed by atoms with E-state index in [1.807, 2.05) is 54.6 Å². The Balaban J connectivity index is 0. The number of benzene rings is 2. The van der Waals surface area contributed by atoms with Gasteiger partial charge < -0.3 is 21.7 Å². The monoisotopic (exact) mass is 283 g/mol. The number of aromatic nitrogens is 1. The van der Waals surface area contributed by atoms with Gasteiger partial charge in [0.25, 0.3) is 0 Å². The summed E-state index contributed by atoms with van der Waals surface area (Å²) in [5.74, 6) is 0. The number of oxazole rings is 1. The van der Waals surface area contributed by atoms with Gasteiger partial charge in [-0.05, 0) is 11.1 Å². The van der Waals surface area contributed by atoms with Crippen LogP contribution in [-0.2, 0) is 17.1 Å². The van der Waals surface area contributed by atoms with Gasteiger partial charge in [-0.2, -0.15) is 36.4 Å². The van der Waals surface area contributed by atoms with Crippen LogP contribution in [0, 0.1) is 12.5 Å². The second-order valence-electron chi connectivity index (χ2n) is 2.85. The molecule has 0 unspecified atom stereocenters. The van der Waals surface area contributed by atoms with Crippen molar-refractivity contribution in [3.63, 3.8) is 0 Å². The van der Waals surface area contributed by atoms with Crippen LogP contribution >= 0.6 is 0 Å². The molecule has 2 aromatic carbocycles. The number of rotatable bonds is 0. The molecule has 4 nitrogen and oxygen atoms in total. The molecular weight excluding hydrogens is 270 g/mol. The molecule has 0 saturated carbocycles. The molecule has 0 radical (unpaired) electrons. The van der Waals surface area contributed by atoms with Crippen LogP contribution < -0.4 is 0 Å². The second-order valence-corrected chi connectivity index (χ2v) is 2.85. The van der Waals surface area contributed by atoms with E-state index in [0.29, 0.717) is 0 Å². The van der Waals surface area contributed by atoms with Gasteiger partial charge in [0, 0.05) is 0 Å². The molecule has 0 aliphatic carbocycles. The molecule has 5 heteroatoms. The predicted octanol–water partition coefficient (Wildman–Crippen LogP) is 4.55. The molecule has 0 saturated heterocycles. The number of hydrogen-bond donors (Lipinski definition) is 0. The Hall–Kier alpha value is -1.65. The van der Waals surface area contributed by atoms with Crippen LogP contribution in [-0.4, -0.2) is 4.98 Å². The molecule has 3 rings (SSSR count). The van der Waals surface area contributed by atoms with E-state index in [2.05, 4.69) is 17.4 Å². The minimum absolute atomic E-state index is 0. The van der Waals surface area contributed by atoms with E-state index in [-0.39, 0.29) is 29.4 Å². The van der Waals surface area contributed by atoms with Gasteiger partial charge in [0.05, 0.1) is 0 Å². The van der Waals surface area contributed by atoms with Crippen LogP contribution in [0.25, 0.3) is 23.4 Å². The SMILES string of the molecule is [Fe+4].[NH2-].[NH2-].[c-]1ccccc1.[c-]1nc2ccccc2o1. The molecule has 0 amide bonds. The third kappa shape index (κ3) is 5.61. The van der Waals surface area contributed by atoms with Gasteiger partial charge in [-0.3, -0.25) is 0 Å². The third-order valence-corrected chi connectivity index (χ3v) is 1.79. The molecule has 0 bridgehead atoms. The van der Waals surface area contributed by atoms with Crippen molar-refractivity contribution in [1.82, 2.24) is 4.98 Å². The van der Waals surface area contributed by atoms with Crippen LogP contribution in [0.3, 0.4) is 0 Å². The number of fused-ring (bicyclic) bond motifs is 1. The van der Waals surface area contributed by atoms with Crippen molar-refractivity contribution in [3.05, 3.63) is 79.4 Å². The van der Waals surface area contributed by atoms with Crippen LogP contribution in [0.5, 0.6) is 0 Å². The zero-order valence-electron chi connectivity index (χ0n) is 9.56. The van der Waals surface area contributed by atoms with Crippen molar-refractivity contribution in [2.45, 2.75) is 0 Å². The van der Waals surface area contributed by atoms with Gasteiger partial charge in [0.15, 0.2) is 0 Å². The fraction of sp³-hybridized carbons (Fsp3) is 0. The van der Waals surface area contributed by atoms with Gasteiger partial charge in [-0.15, -0.1) is 6.07 Å². The van der Waals surface area contributed by atoms with E-state index in [9.17, 15) is 0 Å². The van der Waals surface area contributed by atoms with Crippen molar-refractivity contribution in [2.75, 3.05) is 0 Å². The Labute approximate surface area is 117 Å². The van der Waals surface area contributed by atoms with Gasteiger partial charge in [0.1, 0.15) is 6.39 Å². The predicted molar refractivity (Wildman–Crippen MR) is 68.7 cm³/mol. The number of nitrogens with two attached hydrogens (primary N) is 2. The molecule has 0 aliphatic heterocycles. The summed E-state index contributed by atoms with van der Waals surface area (Å²) in [5, 5.41) is 0. The second kappa shape index (κ2) is 10.5. The molecule has 1 aromatic heterocycles. The van der Waals surface area contributed by atoms with Crippen molar-refractivity contribution >= 4 is 11.1 Å². The van der Waals surface area contributed by atoms with E-state index in [0.717, 1.165) is 11.1 Å². The molecule has 94 valence electrons. The molecule has 18 heavy (non-hydrogen) atoms. The summed E-state index contributed by atoms with van der Waals surface area (Å²) < 4.78 is 4.88. The zero-order valence-corrected chi connectivity index (χ0v) is 10.7. The summed E-state index contributed by atoms with van der Waals surface area (Å²) in [4.78, 5) is 3.83. The molecule has 0 atom stereocenters. The molecule has 0 fully saturated rings. The van der Waals surface area contributed by atoms with Gasteiger partial charge >= 0.3 is 17.1 Å². The van der Waals surface area contributed by atoms with Gasteiger partial charge in [-0.1, -0.05) is 18.2 Å². The van der Waals surface area contributed by atoms with Crippen molar-refractivity contribution in [3.8, 4) is 0 Å². The minimum atomic E-state index is 0. The first-order valence-electron chi connectivity index (χ1n) is 4.59. The summed E-state index contributed by atoms with van der Waals surface area (Å²) in [6.45, 7) is 0. The van der Waals surface area contributed by atoms with E-state index in [4.69, 9.17) is 4.42 Å². The first-order valence-corrected chi connectivity index (χ1v) is 4.59. The summed E-state index contributed by atoms with van der Waals surface area (Å²) in [6.07, 6.45) is 2.41. The molecule has 1 heterocycles. The Morgan fingerprint density at radius 1 is 0.889 bits per heavy atom. The van der Waals surface area contributed by atoms with E-state index >= 15 is 0 Å². The Bertz CT molecular complexity index is 457. The van der Waals surface area contributed by atoms with Crippen molar-refractivity contribution in [1.29, 1.82) is 0 Å². The maximum Gasteiger partial charge on any atom is 4.00 e. The molecule has 4 N–H and O–H groups in total. The summed E-state index contributed by atoms with van der Waals surface area (Å²) in [5.41, 5.74) is 1.65. The van der Waals surface area contributed by atoms with Crippen LogP contribution in [0.15, 0.2) is 59.0 Å². The molecule has 3 aromatic rings. The standard InChI is InChI=1S/C7H4NO.C6H5.Fe.2H2N/c1-2-4-7-6(3-1)8-5-9-7;1-2-4-6-5-3-1;;;/h1-4H;1-5H;;2*1H2/q2*-1;+4;2*-1. The molecular formula is C13H13FeN3O. The van der Waals surface area contributed by atoms with Crippen molar-refractivity contribution in [2.24, 2.45) is 0 Å². The van der Waals surface area contributed by atoms with Gasteiger partial charge in [-0.25, -0.2) is 0 Å². The van der Waals surface area contributed by atoms with Crippen LogP contribution in [0.2, 0.25) is 0 Å². The number of nitrogens with zero attached hydrogens (tertiary/aromatic N) is 1. The maximum atomic E-state index is 4.88. The molecule has 0 aliphatic rings. The summed E-state index contributed by atoms with van der Waals surface area (Å²) in [6, 6.07) is 20.1. The van der Waals surface area contributed by atoms with E-state index < -0.39 is 0 Å².